The summed E-state index contributed by atoms with van der Waals surface area (Å²) >= 11 is 0. The van der Waals surface area contributed by atoms with E-state index in [0.717, 1.165) is 6.54 Å². The Labute approximate surface area is 79.6 Å². The molecule has 2 heteroatoms. The molecule has 1 aromatic rings. The summed E-state index contributed by atoms with van der Waals surface area (Å²) in [6.45, 7) is 5.13. The minimum absolute atomic E-state index is 0.0752. The topological polar surface area (TPSA) is 32.3 Å². The Hall–Kier alpha value is -0.860. The van der Waals surface area contributed by atoms with Gasteiger partial charge in [0, 0.05) is 0 Å². The Bertz CT molecular complexity index is 260. The quantitative estimate of drug-likeness (QED) is 0.736. The molecule has 0 fully saturated rings. The van der Waals surface area contributed by atoms with E-state index in [4.69, 9.17) is 0 Å². The first-order valence-corrected chi connectivity index (χ1v) is 4.69. The van der Waals surface area contributed by atoms with Gasteiger partial charge in [-0.15, -0.1) is 0 Å². The van der Waals surface area contributed by atoms with E-state index in [1.165, 1.54) is 11.1 Å². The SMILES string of the molecule is CCNC(CO)c1ccccc1C. The number of hydrogen-bond acceptors (Lipinski definition) is 2. The molecule has 0 amide bonds. The standard InChI is InChI=1S/C11H17NO/c1-3-12-11(8-13)10-7-5-4-6-9(10)2/h4-7,11-13H,3,8H2,1-2H3. The average Bonchev–Trinajstić information content (AvgIpc) is 2.16. The van der Waals surface area contributed by atoms with Crippen LogP contribution in [0.4, 0.5) is 0 Å². The zero-order chi connectivity index (χ0) is 9.68. The third kappa shape index (κ3) is 2.54. The molecule has 0 heterocycles. The Morgan fingerprint density at radius 2 is 2.08 bits per heavy atom. The minimum atomic E-state index is 0.0752. The Kier molecular flexibility index (Phi) is 3.93. The maximum atomic E-state index is 9.17. The minimum Gasteiger partial charge on any atom is -0.394 e. The predicted octanol–water partition coefficient (Wildman–Crippen LogP) is 1.64. The molecule has 0 bridgehead atoms. The van der Waals surface area contributed by atoms with E-state index in [1.54, 1.807) is 0 Å². The zero-order valence-electron chi connectivity index (χ0n) is 8.25. The van der Waals surface area contributed by atoms with Crippen molar-refractivity contribution in [3.8, 4) is 0 Å². The number of likely N-dealkylation sites (N-methyl/N-ethyl adjacent to an activating group) is 1. The summed E-state index contributed by atoms with van der Waals surface area (Å²) in [6.07, 6.45) is 0. The van der Waals surface area contributed by atoms with Gasteiger partial charge in [0.1, 0.15) is 0 Å². The van der Waals surface area contributed by atoms with Gasteiger partial charge in [0.2, 0.25) is 0 Å². The number of rotatable bonds is 4. The van der Waals surface area contributed by atoms with Crippen molar-refractivity contribution in [2.24, 2.45) is 0 Å². The smallest absolute Gasteiger partial charge is 0.0626 e. The summed E-state index contributed by atoms with van der Waals surface area (Å²) in [7, 11) is 0. The second-order valence-corrected chi connectivity index (χ2v) is 3.15. The summed E-state index contributed by atoms with van der Waals surface area (Å²) in [5.41, 5.74) is 2.41. The molecule has 0 saturated heterocycles. The molecule has 1 atom stereocenters. The molecule has 0 aromatic heterocycles. The summed E-state index contributed by atoms with van der Waals surface area (Å²) < 4.78 is 0. The van der Waals surface area contributed by atoms with Gasteiger partial charge in [-0.2, -0.15) is 0 Å². The molecule has 0 saturated carbocycles. The summed E-state index contributed by atoms with van der Waals surface area (Å²) in [5, 5.41) is 12.4. The van der Waals surface area contributed by atoms with Crippen LogP contribution in [-0.4, -0.2) is 18.3 Å². The van der Waals surface area contributed by atoms with Gasteiger partial charge in [0.25, 0.3) is 0 Å². The van der Waals surface area contributed by atoms with Gasteiger partial charge in [0.15, 0.2) is 0 Å². The van der Waals surface area contributed by atoms with Gasteiger partial charge in [-0.1, -0.05) is 31.2 Å². The Morgan fingerprint density at radius 1 is 1.38 bits per heavy atom. The second kappa shape index (κ2) is 5.00. The van der Waals surface area contributed by atoms with Crippen LogP contribution in [0.3, 0.4) is 0 Å². The lowest BCUT2D eigenvalue weighted by Gasteiger charge is -2.17. The van der Waals surface area contributed by atoms with Crippen LogP contribution < -0.4 is 5.32 Å². The molecule has 0 aliphatic heterocycles. The first-order chi connectivity index (χ1) is 6.29. The summed E-state index contributed by atoms with van der Waals surface area (Å²) in [5.74, 6) is 0. The van der Waals surface area contributed by atoms with Gasteiger partial charge in [-0.05, 0) is 24.6 Å². The van der Waals surface area contributed by atoms with Crippen molar-refractivity contribution in [2.45, 2.75) is 19.9 Å². The fourth-order valence-corrected chi connectivity index (χ4v) is 1.50. The van der Waals surface area contributed by atoms with E-state index in [0.29, 0.717) is 0 Å². The van der Waals surface area contributed by atoms with Crippen LogP contribution in [0.15, 0.2) is 24.3 Å². The molecule has 0 radical (unpaired) electrons. The van der Waals surface area contributed by atoms with Crippen molar-refractivity contribution in [1.29, 1.82) is 0 Å². The summed E-state index contributed by atoms with van der Waals surface area (Å²) in [4.78, 5) is 0. The number of hydrogen-bond donors (Lipinski definition) is 2. The predicted molar refractivity (Wildman–Crippen MR) is 54.7 cm³/mol. The van der Waals surface area contributed by atoms with Gasteiger partial charge in [-0.25, -0.2) is 0 Å². The number of aliphatic hydroxyl groups excluding tert-OH is 1. The van der Waals surface area contributed by atoms with E-state index in [2.05, 4.69) is 24.4 Å². The van der Waals surface area contributed by atoms with Crippen LogP contribution in [0.5, 0.6) is 0 Å². The van der Waals surface area contributed by atoms with E-state index < -0.39 is 0 Å². The lowest BCUT2D eigenvalue weighted by molar-refractivity contribution is 0.246. The lowest BCUT2D eigenvalue weighted by Crippen LogP contribution is -2.24. The highest BCUT2D eigenvalue weighted by molar-refractivity contribution is 5.28. The van der Waals surface area contributed by atoms with Crippen LogP contribution in [0.2, 0.25) is 0 Å². The fraction of sp³-hybridized carbons (Fsp3) is 0.455. The van der Waals surface area contributed by atoms with Crippen molar-refractivity contribution in [1.82, 2.24) is 5.32 Å². The third-order valence-corrected chi connectivity index (χ3v) is 2.20. The van der Waals surface area contributed by atoms with E-state index in [-0.39, 0.29) is 12.6 Å². The molecule has 0 aliphatic rings. The van der Waals surface area contributed by atoms with Crippen molar-refractivity contribution in [3.63, 3.8) is 0 Å². The molecule has 72 valence electrons. The molecule has 1 rings (SSSR count). The van der Waals surface area contributed by atoms with Crippen LogP contribution in [0, 0.1) is 6.92 Å². The molecule has 13 heavy (non-hydrogen) atoms. The normalized spacial score (nSPS) is 12.8. The maximum Gasteiger partial charge on any atom is 0.0626 e. The largest absolute Gasteiger partial charge is 0.394 e. The van der Waals surface area contributed by atoms with E-state index in [9.17, 15) is 5.11 Å². The van der Waals surface area contributed by atoms with Crippen LogP contribution >= 0.6 is 0 Å². The van der Waals surface area contributed by atoms with Crippen molar-refractivity contribution < 1.29 is 5.11 Å². The molecule has 0 spiro atoms. The second-order valence-electron chi connectivity index (χ2n) is 3.15. The molecular weight excluding hydrogens is 162 g/mol. The van der Waals surface area contributed by atoms with Crippen molar-refractivity contribution in [2.75, 3.05) is 13.2 Å². The van der Waals surface area contributed by atoms with Gasteiger partial charge in [-0.3, -0.25) is 0 Å². The zero-order valence-corrected chi connectivity index (χ0v) is 8.25. The van der Waals surface area contributed by atoms with Gasteiger partial charge >= 0.3 is 0 Å². The van der Waals surface area contributed by atoms with Crippen LogP contribution in [0.25, 0.3) is 0 Å². The maximum absolute atomic E-state index is 9.17. The third-order valence-electron chi connectivity index (χ3n) is 2.20. The highest BCUT2D eigenvalue weighted by Crippen LogP contribution is 2.16. The number of nitrogens with one attached hydrogen (secondary N) is 1. The van der Waals surface area contributed by atoms with Crippen molar-refractivity contribution >= 4 is 0 Å². The van der Waals surface area contributed by atoms with E-state index >= 15 is 0 Å². The Morgan fingerprint density at radius 3 is 2.62 bits per heavy atom. The van der Waals surface area contributed by atoms with Crippen molar-refractivity contribution in [3.05, 3.63) is 35.4 Å². The molecule has 1 aromatic carbocycles. The van der Waals surface area contributed by atoms with Gasteiger partial charge < -0.3 is 10.4 Å². The molecular formula is C11H17NO. The highest BCUT2D eigenvalue weighted by atomic mass is 16.3. The number of aliphatic hydroxyl groups is 1. The lowest BCUT2D eigenvalue weighted by atomic mass is 10.0. The molecule has 2 N–H and O–H groups in total. The number of aryl methyl sites for hydroxylation is 1. The van der Waals surface area contributed by atoms with Gasteiger partial charge in [0.05, 0.1) is 12.6 Å². The molecule has 2 nitrogen and oxygen atoms in total. The Balaban J connectivity index is 2.84. The monoisotopic (exact) mass is 179 g/mol. The highest BCUT2D eigenvalue weighted by Gasteiger charge is 2.09. The van der Waals surface area contributed by atoms with E-state index in [1.807, 2.05) is 19.1 Å². The molecule has 0 aliphatic carbocycles. The first-order valence-electron chi connectivity index (χ1n) is 4.69. The summed E-state index contributed by atoms with van der Waals surface area (Å²) in [6, 6.07) is 8.21. The first kappa shape index (κ1) is 10.2. The fourth-order valence-electron chi connectivity index (χ4n) is 1.50. The molecule has 1 unspecified atom stereocenters. The van der Waals surface area contributed by atoms with Crippen LogP contribution in [0.1, 0.15) is 24.1 Å². The number of benzene rings is 1. The van der Waals surface area contributed by atoms with Crippen LogP contribution in [-0.2, 0) is 0 Å². The average molecular weight is 179 g/mol.